The maximum absolute atomic E-state index is 11.4. The number of piperidine rings is 1. The van der Waals surface area contributed by atoms with Crippen LogP contribution in [0.15, 0.2) is 18.2 Å². The van der Waals surface area contributed by atoms with E-state index in [1.165, 1.54) is 5.56 Å². The van der Waals surface area contributed by atoms with Gasteiger partial charge in [0.2, 0.25) is 0 Å². The Kier molecular flexibility index (Phi) is 4.74. The third-order valence-electron chi connectivity index (χ3n) is 3.97. The molecule has 0 aliphatic carbocycles. The second-order valence-electron chi connectivity index (χ2n) is 6.79. The van der Waals surface area contributed by atoms with Crippen LogP contribution >= 0.6 is 0 Å². The predicted molar refractivity (Wildman–Crippen MR) is 86.5 cm³/mol. The highest BCUT2D eigenvalue weighted by Gasteiger charge is 2.24. The lowest BCUT2D eigenvalue weighted by Crippen LogP contribution is -2.35. The first-order chi connectivity index (χ1) is 10.3. The number of carboxylic acid groups (broad SMARTS) is 1. The molecular weight excluding hydrogens is 280 g/mol. The van der Waals surface area contributed by atoms with Crippen LogP contribution in [-0.2, 0) is 16.8 Å². The number of benzene rings is 1. The third-order valence-corrected chi connectivity index (χ3v) is 3.97. The average Bonchev–Trinajstić information content (AvgIpc) is 2.45. The van der Waals surface area contributed by atoms with Gasteiger partial charge in [-0.05, 0) is 22.6 Å². The van der Waals surface area contributed by atoms with Crippen LogP contribution in [0.1, 0.15) is 44.7 Å². The molecule has 0 radical (unpaired) electrons. The predicted octanol–water partition coefficient (Wildman–Crippen LogP) is 2.92. The summed E-state index contributed by atoms with van der Waals surface area (Å²) >= 11 is 0. The minimum atomic E-state index is -1.02. The number of amides is 1. The van der Waals surface area contributed by atoms with Crippen molar-refractivity contribution in [1.29, 1.82) is 0 Å². The molecule has 120 valence electrons. The van der Waals surface area contributed by atoms with Gasteiger partial charge in [0, 0.05) is 38.2 Å². The Hall–Kier alpha value is -2.04. The van der Waals surface area contributed by atoms with Crippen LogP contribution in [0.2, 0.25) is 0 Å². The minimum absolute atomic E-state index is 0.0456. The van der Waals surface area contributed by atoms with E-state index in [0.29, 0.717) is 25.2 Å². The normalized spacial score (nSPS) is 15.8. The molecule has 22 heavy (non-hydrogen) atoms. The molecule has 0 atom stereocenters. The summed E-state index contributed by atoms with van der Waals surface area (Å²) in [5.41, 5.74) is 3.24. The van der Waals surface area contributed by atoms with Crippen molar-refractivity contribution >= 4 is 17.6 Å². The summed E-state index contributed by atoms with van der Waals surface area (Å²) in [6, 6.07) is 6.08. The number of hydrogen-bond acceptors (Lipinski definition) is 3. The van der Waals surface area contributed by atoms with E-state index in [1.54, 1.807) is 0 Å². The zero-order valence-corrected chi connectivity index (χ0v) is 13.5. The average molecular weight is 304 g/mol. The molecule has 5 nitrogen and oxygen atoms in total. The first-order valence-corrected chi connectivity index (χ1v) is 7.64. The van der Waals surface area contributed by atoms with Crippen molar-refractivity contribution in [2.45, 2.75) is 45.6 Å². The molecule has 0 aromatic heterocycles. The number of hydrogen-bond donors (Lipinski definition) is 2. The van der Waals surface area contributed by atoms with Gasteiger partial charge < -0.3 is 15.3 Å². The zero-order chi connectivity index (χ0) is 16.3. The Morgan fingerprint density at radius 1 is 1.27 bits per heavy atom. The van der Waals surface area contributed by atoms with Crippen molar-refractivity contribution in [3.05, 3.63) is 29.3 Å². The second kappa shape index (κ2) is 6.38. The van der Waals surface area contributed by atoms with Gasteiger partial charge in [0.1, 0.15) is 5.78 Å². The van der Waals surface area contributed by atoms with E-state index < -0.39 is 6.09 Å². The van der Waals surface area contributed by atoms with E-state index in [1.807, 2.05) is 6.07 Å². The zero-order valence-electron chi connectivity index (χ0n) is 13.5. The molecule has 1 fully saturated rings. The van der Waals surface area contributed by atoms with Gasteiger partial charge in [-0.3, -0.25) is 4.79 Å². The fourth-order valence-electron chi connectivity index (χ4n) is 2.74. The van der Waals surface area contributed by atoms with E-state index >= 15 is 0 Å². The number of carbonyl (C=O) groups excluding carboxylic acids is 1. The van der Waals surface area contributed by atoms with E-state index in [9.17, 15) is 9.59 Å². The third kappa shape index (κ3) is 4.00. The summed E-state index contributed by atoms with van der Waals surface area (Å²) in [6.45, 7) is 8.26. The van der Waals surface area contributed by atoms with Gasteiger partial charge in [-0.15, -0.1) is 0 Å². The Labute approximate surface area is 131 Å². The van der Waals surface area contributed by atoms with E-state index in [0.717, 1.165) is 24.3 Å². The van der Waals surface area contributed by atoms with Crippen molar-refractivity contribution < 1.29 is 14.7 Å². The van der Waals surface area contributed by atoms with Crippen LogP contribution in [-0.4, -0.2) is 30.1 Å². The molecule has 0 bridgehead atoms. The molecule has 1 saturated heterocycles. The standard InChI is InChI=1S/C17H24N2O3/c1-17(2,3)14-10-12(11-18-16(21)22)4-5-15(14)19-8-6-13(20)7-9-19/h4-5,10,18H,6-9,11H2,1-3H3,(H,21,22). The van der Waals surface area contributed by atoms with Crippen LogP contribution in [0.25, 0.3) is 0 Å². The molecule has 0 spiro atoms. The number of ketones is 1. The van der Waals surface area contributed by atoms with Gasteiger partial charge in [-0.2, -0.15) is 0 Å². The molecule has 5 heteroatoms. The van der Waals surface area contributed by atoms with Crippen LogP contribution in [0, 0.1) is 0 Å². The second-order valence-corrected chi connectivity index (χ2v) is 6.79. The van der Waals surface area contributed by atoms with Crippen molar-refractivity contribution in [2.75, 3.05) is 18.0 Å². The molecule has 1 aromatic rings. The van der Waals surface area contributed by atoms with Gasteiger partial charge in [0.25, 0.3) is 0 Å². The molecule has 1 aromatic carbocycles. The first kappa shape index (κ1) is 16.3. The number of carbonyl (C=O) groups is 2. The molecule has 2 rings (SSSR count). The fourth-order valence-corrected chi connectivity index (χ4v) is 2.74. The summed E-state index contributed by atoms with van der Waals surface area (Å²) in [6.07, 6.45) is 0.188. The first-order valence-electron chi connectivity index (χ1n) is 7.64. The highest BCUT2D eigenvalue weighted by Crippen LogP contribution is 2.34. The Balaban J connectivity index is 2.28. The van der Waals surface area contributed by atoms with Gasteiger partial charge in [-0.1, -0.05) is 32.9 Å². The van der Waals surface area contributed by atoms with Gasteiger partial charge in [0.15, 0.2) is 0 Å². The fraction of sp³-hybridized carbons (Fsp3) is 0.529. The largest absolute Gasteiger partial charge is 0.465 e. The number of nitrogens with one attached hydrogen (secondary N) is 1. The van der Waals surface area contributed by atoms with Crippen molar-refractivity contribution in [1.82, 2.24) is 5.32 Å². The van der Waals surface area contributed by atoms with E-state index in [2.05, 4.69) is 43.1 Å². The highest BCUT2D eigenvalue weighted by atomic mass is 16.4. The van der Waals surface area contributed by atoms with Gasteiger partial charge >= 0.3 is 6.09 Å². The lowest BCUT2D eigenvalue weighted by Gasteiger charge is -2.34. The molecule has 1 aliphatic heterocycles. The summed E-state index contributed by atoms with van der Waals surface area (Å²) in [4.78, 5) is 24.3. The van der Waals surface area contributed by atoms with Crippen LogP contribution in [0.5, 0.6) is 0 Å². The number of nitrogens with zero attached hydrogens (tertiary/aromatic N) is 1. The van der Waals surface area contributed by atoms with Crippen molar-refractivity contribution in [2.24, 2.45) is 0 Å². The smallest absolute Gasteiger partial charge is 0.404 e. The van der Waals surface area contributed by atoms with Crippen LogP contribution < -0.4 is 10.2 Å². The van der Waals surface area contributed by atoms with Crippen LogP contribution in [0.3, 0.4) is 0 Å². The monoisotopic (exact) mass is 304 g/mol. The molecule has 0 saturated carbocycles. The molecule has 1 aliphatic rings. The summed E-state index contributed by atoms with van der Waals surface area (Å²) in [7, 11) is 0. The lowest BCUT2D eigenvalue weighted by atomic mass is 9.84. The Morgan fingerprint density at radius 2 is 1.91 bits per heavy atom. The Morgan fingerprint density at radius 3 is 2.45 bits per heavy atom. The molecular formula is C17H24N2O3. The molecule has 1 heterocycles. The van der Waals surface area contributed by atoms with Crippen molar-refractivity contribution in [3.8, 4) is 0 Å². The molecule has 0 unspecified atom stereocenters. The molecule has 2 N–H and O–H groups in total. The maximum atomic E-state index is 11.4. The summed E-state index contributed by atoms with van der Waals surface area (Å²) in [5.74, 6) is 0.329. The van der Waals surface area contributed by atoms with Gasteiger partial charge in [0.05, 0.1) is 0 Å². The summed E-state index contributed by atoms with van der Waals surface area (Å²) < 4.78 is 0. The number of Topliss-reactive ketones (excluding diaryl/α,β-unsaturated/α-hetero) is 1. The number of anilines is 1. The number of rotatable bonds is 3. The van der Waals surface area contributed by atoms with E-state index in [4.69, 9.17) is 5.11 Å². The minimum Gasteiger partial charge on any atom is -0.465 e. The topological polar surface area (TPSA) is 69.6 Å². The molecule has 1 amide bonds. The Bertz CT molecular complexity index is 566. The lowest BCUT2D eigenvalue weighted by molar-refractivity contribution is -0.119. The quantitative estimate of drug-likeness (QED) is 0.901. The summed E-state index contributed by atoms with van der Waals surface area (Å²) in [5, 5.41) is 11.1. The SMILES string of the molecule is CC(C)(C)c1cc(CNC(=O)O)ccc1N1CCC(=O)CC1. The van der Waals surface area contributed by atoms with Crippen molar-refractivity contribution in [3.63, 3.8) is 0 Å². The van der Waals surface area contributed by atoms with Crippen LogP contribution in [0.4, 0.5) is 10.5 Å². The highest BCUT2D eigenvalue weighted by molar-refractivity contribution is 5.81. The van der Waals surface area contributed by atoms with E-state index in [-0.39, 0.29) is 5.41 Å². The maximum Gasteiger partial charge on any atom is 0.404 e. The van der Waals surface area contributed by atoms with Gasteiger partial charge in [-0.25, -0.2) is 4.79 Å².